The quantitative estimate of drug-likeness (QED) is 0.741. The number of hydrogen-bond donors (Lipinski definition) is 2. The van der Waals surface area contributed by atoms with Crippen LogP contribution in [0.1, 0.15) is 12.0 Å². The molecule has 1 atom stereocenters. The number of hydrogen-bond acceptors (Lipinski definition) is 4. The molecule has 0 aromatic heterocycles. The number of carbonyl (C=O) groups excluding carboxylic acids is 2. The number of nitrogens with zero attached hydrogens (tertiary/aromatic N) is 2. The average Bonchev–Trinajstić information content (AvgIpc) is 3.11. The van der Waals surface area contributed by atoms with E-state index in [2.05, 4.69) is 17.5 Å². The molecule has 7 nitrogen and oxygen atoms in total. The predicted molar refractivity (Wildman–Crippen MR) is 93.7 cm³/mol. The van der Waals surface area contributed by atoms with Gasteiger partial charge in [-0.1, -0.05) is 28.9 Å². The molecule has 0 unspecified atom stereocenters. The standard InChI is InChI=1S/C17H21ClN4O3/c1-21-6-8-22(9-7-21)16(23)11-19-17(24)15-10-14(20-25-15)12-2-4-13(18)5-3-12/h2-5,15H,6-11H2,1H3,(H,19,24)/p+1/t15-/m1/s1. The van der Waals surface area contributed by atoms with Crippen molar-refractivity contribution in [3.63, 3.8) is 0 Å². The lowest BCUT2D eigenvalue weighted by molar-refractivity contribution is -0.883. The lowest BCUT2D eigenvalue weighted by Gasteiger charge is -2.30. The van der Waals surface area contributed by atoms with Gasteiger partial charge in [-0.2, -0.15) is 0 Å². The van der Waals surface area contributed by atoms with Crippen LogP contribution in [0.3, 0.4) is 0 Å². The van der Waals surface area contributed by atoms with Crippen LogP contribution in [0.4, 0.5) is 0 Å². The summed E-state index contributed by atoms with van der Waals surface area (Å²) in [5.74, 6) is -0.376. The highest BCUT2D eigenvalue weighted by Gasteiger charge is 2.30. The van der Waals surface area contributed by atoms with Crippen LogP contribution in [-0.2, 0) is 14.4 Å². The van der Waals surface area contributed by atoms with E-state index < -0.39 is 6.10 Å². The van der Waals surface area contributed by atoms with Crippen molar-refractivity contribution in [1.82, 2.24) is 10.2 Å². The maximum atomic E-state index is 12.2. The Hall–Kier alpha value is -2.12. The normalized spacial score (nSPS) is 20.8. The highest BCUT2D eigenvalue weighted by atomic mass is 35.5. The fourth-order valence-corrected chi connectivity index (χ4v) is 2.98. The number of oxime groups is 1. The van der Waals surface area contributed by atoms with Crippen LogP contribution in [0.5, 0.6) is 0 Å². The zero-order chi connectivity index (χ0) is 17.8. The van der Waals surface area contributed by atoms with Gasteiger partial charge >= 0.3 is 0 Å². The third-order valence-corrected chi connectivity index (χ3v) is 4.77. The molecule has 2 N–H and O–H groups in total. The Morgan fingerprint density at radius 3 is 2.68 bits per heavy atom. The first kappa shape index (κ1) is 17.7. The maximum Gasteiger partial charge on any atom is 0.264 e. The van der Waals surface area contributed by atoms with Gasteiger partial charge in [-0.3, -0.25) is 9.59 Å². The smallest absolute Gasteiger partial charge is 0.264 e. The highest BCUT2D eigenvalue weighted by Crippen LogP contribution is 2.18. The van der Waals surface area contributed by atoms with E-state index in [0.29, 0.717) is 17.2 Å². The second kappa shape index (κ2) is 7.84. The van der Waals surface area contributed by atoms with Crippen molar-refractivity contribution in [2.45, 2.75) is 12.5 Å². The Morgan fingerprint density at radius 2 is 2.00 bits per heavy atom. The first-order valence-corrected chi connectivity index (χ1v) is 8.76. The summed E-state index contributed by atoms with van der Waals surface area (Å²) < 4.78 is 0. The monoisotopic (exact) mass is 365 g/mol. The summed E-state index contributed by atoms with van der Waals surface area (Å²) in [6.45, 7) is 3.32. The average molecular weight is 366 g/mol. The number of benzene rings is 1. The largest absolute Gasteiger partial charge is 0.382 e. The number of likely N-dealkylation sites (N-methyl/N-ethyl adjacent to an activating group) is 1. The number of piperazine rings is 1. The van der Waals surface area contributed by atoms with Crippen LogP contribution in [0.2, 0.25) is 5.02 Å². The van der Waals surface area contributed by atoms with E-state index in [9.17, 15) is 9.59 Å². The number of amides is 2. The van der Waals surface area contributed by atoms with Crippen molar-refractivity contribution < 1.29 is 19.3 Å². The molecule has 1 aromatic carbocycles. The summed E-state index contributed by atoms with van der Waals surface area (Å²) >= 11 is 5.87. The number of halogens is 1. The second-order valence-corrected chi connectivity index (χ2v) is 6.84. The van der Waals surface area contributed by atoms with E-state index in [1.165, 1.54) is 4.90 Å². The number of nitrogens with one attached hydrogen (secondary N) is 2. The Bertz CT molecular complexity index is 669. The van der Waals surface area contributed by atoms with E-state index in [1.807, 2.05) is 12.1 Å². The van der Waals surface area contributed by atoms with Crippen LogP contribution < -0.4 is 10.2 Å². The van der Waals surface area contributed by atoms with Crippen molar-refractivity contribution in [3.8, 4) is 0 Å². The SMILES string of the molecule is C[NH+]1CCN(C(=O)CNC(=O)[C@H]2CC(c3ccc(Cl)cc3)=NO2)CC1. The van der Waals surface area contributed by atoms with Crippen molar-refractivity contribution in [1.29, 1.82) is 0 Å². The molecule has 0 spiro atoms. The molecule has 0 aliphatic carbocycles. The van der Waals surface area contributed by atoms with Crippen LogP contribution in [0.15, 0.2) is 29.4 Å². The zero-order valence-corrected chi connectivity index (χ0v) is 14.9. The first-order chi connectivity index (χ1) is 12.0. The molecule has 8 heteroatoms. The van der Waals surface area contributed by atoms with Gasteiger partial charge < -0.3 is 20.0 Å². The van der Waals surface area contributed by atoms with E-state index >= 15 is 0 Å². The zero-order valence-electron chi connectivity index (χ0n) is 14.1. The van der Waals surface area contributed by atoms with Gasteiger partial charge in [-0.25, -0.2) is 0 Å². The first-order valence-electron chi connectivity index (χ1n) is 8.38. The lowest BCUT2D eigenvalue weighted by Crippen LogP contribution is -3.12. The number of rotatable bonds is 4. The third-order valence-electron chi connectivity index (χ3n) is 4.52. The Morgan fingerprint density at radius 1 is 1.32 bits per heavy atom. The second-order valence-electron chi connectivity index (χ2n) is 6.40. The van der Waals surface area contributed by atoms with Gasteiger partial charge in [-0.05, 0) is 17.7 Å². The molecule has 0 radical (unpaired) electrons. The van der Waals surface area contributed by atoms with E-state index in [-0.39, 0.29) is 18.4 Å². The third kappa shape index (κ3) is 4.49. The van der Waals surface area contributed by atoms with E-state index in [0.717, 1.165) is 31.7 Å². The summed E-state index contributed by atoms with van der Waals surface area (Å²) in [6.07, 6.45) is -0.324. The van der Waals surface area contributed by atoms with Crippen molar-refractivity contribution in [2.24, 2.45) is 5.16 Å². The van der Waals surface area contributed by atoms with Gasteiger partial charge in [0.05, 0.1) is 45.5 Å². The summed E-state index contributed by atoms with van der Waals surface area (Å²) in [5.41, 5.74) is 1.57. The molecular formula is C17H22ClN4O3+. The minimum atomic E-state index is -0.699. The fraction of sp³-hybridized carbons (Fsp3) is 0.471. The molecule has 1 fully saturated rings. The molecule has 1 saturated heterocycles. The molecule has 25 heavy (non-hydrogen) atoms. The molecule has 2 aliphatic rings. The summed E-state index contributed by atoms with van der Waals surface area (Å²) in [4.78, 5) is 32.8. The molecule has 2 heterocycles. The van der Waals surface area contributed by atoms with Gasteiger partial charge in [-0.15, -0.1) is 0 Å². The topological polar surface area (TPSA) is 75.4 Å². The Balaban J connectivity index is 1.45. The molecule has 2 aliphatic heterocycles. The van der Waals surface area contributed by atoms with Crippen LogP contribution in [0.25, 0.3) is 0 Å². The highest BCUT2D eigenvalue weighted by molar-refractivity contribution is 6.30. The number of quaternary nitrogens is 1. The predicted octanol–water partition coefficient (Wildman–Crippen LogP) is -0.694. The van der Waals surface area contributed by atoms with Crippen LogP contribution in [0, 0.1) is 0 Å². The molecule has 0 saturated carbocycles. The Kier molecular flexibility index (Phi) is 5.55. The maximum absolute atomic E-state index is 12.2. The van der Waals surface area contributed by atoms with Gasteiger partial charge in [0.25, 0.3) is 5.91 Å². The molecule has 3 rings (SSSR count). The van der Waals surface area contributed by atoms with Crippen molar-refractivity contribution in [2.75, 3.05) is 39.8 Å². The molecule has 2 amide bonds. The van der Waals surface area contributed by atoms with Crippen molar-refractivity contribution in [3.05, 3.63) is 34.9 Å². The van der Waals surface area contributed by atoms with Gasteiger partial charge in [0, 0.05) is 11.4 Å². The Labute approximate surface area is 151 Å². The number of carbonyl (C=O) groups is 2. The van der Waals surface area contributed by atoms with Gasteiger partial charge in [0.15, 0.2) is 0 Å². The molecule has 134 valence electrons. The minimum absolute atomic E-state index is 0.00593. The molecule has 0 bridgehead atoms. The van der Waals surface area contributed by atoms with Crippen LogP contribution >= 0.6 is 11.6 Å². The summed E-state index contributed by atoms with van der Waals surface area (Å²) in [5, 5.41) is 7.28. The van der Waals surface area contributed by atoms with Crippen LogP contribution in [-0.4, -0.2) is 68.3 Å². The minimum Gasteiger partial charge on any atom is -0.382 e. The van der Waals surface area contributed by atoms with Crippen molar-refractivity contribution >= 4 is 29.1 Å². The van der Waals surface area contributed by atoms with E-state index in [1.54, 1.807) is 17.0 Å². The summed E-state index contributed by atoms with van der Waals surface area (Å²) in [7, 11) is 2.11. The molecular weight excluding hydrogens is 344 g/mol. The van der Waals surface area contributed by atoms with Gasteiger partial charge in [0.2, 0.25) is 12.0 Å². The van der Waals surface area contributed by atoms with Gasteiger partial charge in [0.1, 0.15) is 0 Å². The summed E-state index contributed by atoms with van der Waals surface area (Å²) in [6, 6.07) is 7.21. The van der Waals surface area contributed by atoms with E-state index in [4.69, 9.17) is 16.4 Å². The molecule has 1 aromatic rings. The fourth-order valence-electron chi connectivity index (χ4n) is 2.86. The lowest BCUT2D eigenvalue weighted by atomic mass is 10.0.